The Kier molecular flexibility index (Phi) is 6.37. The number of rotatable bonds is 5. The molecular formula is C21H25N5O3S. The van der Waals surface area contributed by atoms with Crippen molar-refractivity contribution in [2.45, 2.75) is 38.0 Å². The van der Waals surface area contributed by atoms with E-state index in [9.17, 15) is 14.9 Å². The summed E-state index contributed by atoms with van der Waals surface area (Å²) in [5.41, 5.74) is 0.656. The second kappa shape index (κ2) is 9.34. The molecule has 1 saturated heterocycles. The van der Waals surface area contributed by atoms with Crippen LogP contribution in [0.1, 0.15) is 48.6 Å². The van der Waals surface area contributed by atoms with Gasteiger partial charge < -0.3 is 9.80 Å². The first kappa shape index (κ1) is 20.5. The summed E-state index contributed by atoms with van der Waals surface area (Å²) in [6.45, 7) is 2.71. The Balaban J connectivity index is 1.31. The summed E-state index contributed by atoms with van der Waals surface area (Å²) < 4.78 is 0. The highest BCUT2D eigenvalue weighted by Crippen LogP contribution is 2.36. The van der Waals surface area contributed by atoms with Gasteiger partial charge >= 0.3 is 0 Å². The van der Waals surface area contributed by atoms with Gasteiger partial charge in [-0.3, -0.25) is 14.9 Å². The molecule has 8 nitrogen and oxygen atoms in total. The van der Waals surface area contributed by atoms with E-state index < -0.39 is 4.92 Å². The van der Waals surface area contributed by atoms with Crippen molar-refractivity contribution in [3.63, 3.8) is 0 Å². The molecule has 2 aromatic rings. The maximum absolute atomic E-state index is 12.5. The second-order valence-electron chi connectivity index (χ2n) is 7.76. The lowest BCUT2D eigenvalue weighted by Crippen LogP contribution is -2.48. The lowest BCUT2D eigenvalue weighted by Gasteiger charge is -2.33. The minimum Gasteiger partial charge on any atom is -0.343 e. The first-order valence-corrected chi connectivity index (χ1v) is 11.2. The number of amides is 1. The number of hydrogen-bond acceptors (Lipinski definition) is 7. The standard InChI is InChI=1S/C21H25N5O3S/c27-19(10-9-16-5-4-8-18(15-16)26(28)29)24-11-13-25(14-12-24)21-23-22-20(30-21)17-6-2-1-3-7-17/h4-5,8-10,15,17H,1-3,6-7,11-14H2/b10-9+. The number of carbonyl (C=O) groups is 1. The summed E-state index contributed by atoms with van der Waals surface area (Å²) in [6, 6.07) is 6.26. The SMILES string of the molecule is O=C(/C=C/c1cccc([N+](=O)[O-])c1)N1CCN(c2nnc(C3CCCCC3)s2)CC1. The molecule has 0 unspecified atom stereocenters. The maximum atomic E-state index is 12.5. The van der Waals surface area contributed by atoms with Gasteiger partial charge in [0.25, 0.3) is 5.69 Å². The van der Waals surface area contributed by atoms with Crippen molar-refractivity contribution in [2.24, 2.45) is 0 Å². The third-order valence-electron chi connectivity index (χ3n) is 5.75. The fourth-order valence-corrected chi connectivity index (χ4v) is 5.07. The van der Waals surface area contributed by atoms with Gasteiger partial charge in [-0.15, -0.1) is 10.2 Å². The Hall–Kier alpha value is -2.81. The van der Waals surface area contributed by atoms with Crippen LogP contribution in [-0.4, -0.2) is 52.1 Å². The van der Waals surface area contributed by atoms with Crippen LogP contribution < -0.4 is 4.90 Å². The molecular weight excluding hydrogens is 402 g/mol. The van der Waals surface area contributed by atoms with Gasteiger partial charge in [-0.1, -0.05) is 42.7 Å². The lowest BCUT2D eigenvalue weighted by molar-refractivity contribution is -0.384. The molecule has 9 heteroatoms. The molecule has 0 bridgehead atoms. The molecule has 1 saturated carbocycles. The molecule has 2 heterocycles. The van der Waals surface area contributed by atoms with Gasteiger partial charge in [0.15, 0.2) is 0 Å². The Labute approximate surface area is 179 Å². The number of nitro groups is 1. The van der Waals surface area contributed by atoms with Gasteiger partial charge in [0.1, 0.15) is 5.01 Å². The van der Waals surface area contributed by atoms with Crippen LogP contribution in [-0.2, 0) is 4.79 Å². The van der Waals surface area contributed by atoms with Crippen LogP contribution in [0, 0.1) is 10.1 Å². The van der Waals surface area contributed by atoms with Crippen LogP contribution in [0.25, 0.3) is 6.08 Å². The van der Waals surface area contributed by atoms with E-state index in [1.165, 1.54) is 50.3 Å². The van der Waals surface area contributed by atoms with Crippen LogP contribution in [0.15, 0.2) is 30.3 Å². The molecule has 1 amide bonds. The number of piperazine rings is 1. The molecule has 0 N–H and O–H groups in total. The Bertz CT molecular complexity index is 930. The van der Waals surface area contributed by atoms with Gasteiger partial charge in [-0.05, 0) is 24.5 Å². The Morgan fingerprint density at radius 1 is 1.13 bits per heavy atom. The number of hydrogen-bond donors (Lipinski definition) is 0. The van der Waals surface area contributed by atoms with Crippen molar-refractivity contribution < 1.29 is 9.72 Å². The highest BCUT2D eigenvalue weighted by Gasteiger charge is 2.25. The van der Waals surface area contributed by atoms with Crippen LogP contribution in [0.5, 0.6) is 0 Å². The number of nitro benzene ring substituents is 1. The minimum atomic E-state index is -0.439. The van der Waals surface area contributed by atoms with Crippen molar-refractivity contribution in [3.05, 3.63) is 51.0 Å². The van der Waals surface area contributed by atoms with Crippen LogP contribution in [0.2, 0.25) is 0 Å². The molecule has 0 atom stereocenters. The monoisotopic (exact) mass is 427 g/mol. The van der Waals surface area contributed by atoms with Crippen molar-refractivity contribution >= 4 is 34.1 Å². The van der Waals surface area contributed by atoms with E-state index in [4.69, 9.17) is 0 Å². The van der Waals surface area contributed by atoms with Crippen molar-refractivity contribution in [2.75, 3.05) is 31.1 Å². The Morgan fingerprint density at radius 2 is 1.90 bits per heavy atom. The quantitative estimate of drug-likeness (QED) is 0.409. The lowest BCUT2D eigenvalue weighted by atomic mass is 9.90. The van der Waals surface area contributed by atoms with Gasteiger partial charge in [0, 0.05) is 50.3 Å². The number of anilines is 1. The summed E-state index contributed by atoms with van der Waals surface area (Å²) in [5.74, 6) is 0.480. The molecule has 158 valence electrons. The highest BCUT2D eigenvalue weighted by atomic mass is 32.1. The zero-order valence-corrected chi connectivity index (χ0v) is 17.6. The number of nitrogens with zero attached hydrogens (tertiary/aromatic N) is 5. The third-order valence-corrected chi connectivity index (χ3v) is 6.89. The van der Waals surface area contributed by atoms with E-state index in [-0.39, 0.29) is 11.6 Å². The van der Waals surface area contributed by atoms with E-state index in [2.05, 4.69) is 15.1 Å². The first-order chi connectivity index (χ1) is 14.6. The van der Waals surface area contributed by atoms with Gasteiger partial charge in [0.2, 0.25) is 11.0 Å². The predicted octanol–water partition coefficient (Wildman–Crippen LogP) is 3.86. The average molecular weight is 428 g/mol. The molecule has 1 aromatic heterocycles. The number of benzene rings is 1. The van der Waals surface area contributed by atoms with E-state index in [1.807, 2.05) is 0 Å². The molecule has 30 heavy (non-hydrogen) atoms. The predicted molar refractivity (Wildman–Crippen MR) is 117 cm³/mol. The topological polar surface area (TPSA) is 92.5 Å². The number of aromatic nitrogens is 2. The van der Waals surface area contributed by atoms with Crippen molar-refractivity contribution in [3.8, 4) is 0 Å². The fourth-order valence-electron chi connectivity index (χ4n) is 4.00. The second-order valence-corrected chi connectivity index (χ2v) is 8.74. The minimum absolute atomic E-state index is 0.0165. The average Bonchev–Trinajstić information content (AvgIpc) is 3.29. The molecule has 2 fully saturated rings. The number of carbonyl (C=O) groups excluding carboxylic acids is 1. The number of non-ortho nitro benzene ring substituents is 1. The fraction of sp³-hybridized carbons (Fsp3) is 0.476. The summed E-state index contributed by atoms with van der Waals surface area (Å²) in [6.07, 6.45) is 9.44. The van der Waals surface area contributed by atoms with E-state index in [0.29, 0.717) is 24.6 Å². The van der Waals surface area contributed by atoms with E-state index >= 15 is 0 Å². The van der Waals surface area contributed by atoms with Gasteiger partial charge in [-0.25, -0.2) is 0 Å². The molecule has 4 rings (SSSR count). The molecule has 0 radical (unpaired) electrons. The summed E-state index contributed by atoms with van der Waals surface area (Å²) >= 11 is 1.70. The highest BCUT2D eigenvalue weighted by molar-refractivity contribution is 7.15. The summed E-state index contributed by atoms with van der Waals surface area (Å²) in [4.78, 5) is 26.9. The zero-order chi connectivity index (χ0) is 20.9. The van der Waals surface area contributed by atoms with Crippen molar-refractivity contribution in [1.82, 2.24) is 15.1 Å². The first-order valence-electron chi connectivity index (χ1n) is 10.4. The molecule has 0 spiro atoms. The van der Waals surface area contributed by atoms with Crippen LogP contribution in [0.3, 0.4) is 0 Å². The van der Waals surface area contributed by atoms with Crippen LogP contribution in [0.4, 0.5) is 10.8 Å². The van der Waals surface area contributed by atoms with Crippen molar-refractivity contribution in [1.29, 1.82) is 0 Å². The molecule has 2 aliphatic rings. The summed E-state index contributed by atoms with van der Waals surface area (Å²) in [5, 5.41) is 21.8. The maximum Gasteiger partial charge on any atom is 0.270 e. The summed E-state index contributed by atoms with van der Waals surface area (Å²) in [7, 11) is 0. The van der Waals surface area contributed by atoms with Gasteiger partial charge in [0.05, 0.1) is 4.92 Å². The largest absolute Gasteiger partial charge is 0.343 e. The molecule has 1 aromatic carbocycles. The Morgan fingerprint density at radius 3 is 2.63 bits per heavy atom. The zero-order valence-electron chi connectivity index (χ0n) is 16.8. The van der Waals surface area contributed by atoms with E-state index in [0.717, 1.165) is 23.2 Å². The molecule has 1 aliphatic heterocycles. The normalized spacial score (nSPS) is 18.1. The van der Waals surface area contributed by atoms with Crippen LogP contribution >= 0.6 is 11.3 Å². The third kappa shape index (κ3) is 4.84. The smallest absolute Gasteiger partial charge is 0.270 e. The van der Waals surface area contributed by atoms with E-state index in [1.54, 1.807) is 34.4 Å². The van der Waals surface area contributed by atoms with Gasteiger partial charge in [-0.2, -0.15) is 0 Å². The molecule has 1 aliphatic carbocycles.